The highest BCUT2D eigenvalue weighted by Gasteiger charge is 2.09. The van der Waals surface area contributed by atoms with Crippen LogP contribution in [0, 0.1) is 0 Å². The van der Waals surface area contributed by atoms with Gasteiger partial charge in [0.15, 0.2) is 5.75 Å². The lowest BCUT2D eigenvalue weighted by molar-refractivity contribution is 0.239. The monoisotopic (exact) mass is 250 g/mol. The van der Waals surface area contributed by atoms with Gasteiger partial charge < -0.3 is 15.5 Å². The van der Waals surface area contributed by atoms with Gasteiger partial charge in [-0.05, 0) is 39.7 Å². The molecule has 3 N–H and O–H groups in total. The molecule has 18 heavy (non-hydrogen) atoms. The van der Waals surface area contributed by atoms with Crippen molar-refractivity contribution in [3.8, 4) is 5.75 Å². The van der Waals surface area contributed by atoms with Gasteiger partial charge in [-0.25, -0.2) is 0 Å². The minimum atomic E-state index is -0.0825. The Kier molecular flexibility index (Phi) is 5.16. The fourth-order valence-electron chi connectivity index (χ4n) is 1.57. The molecule has 4 heteroatoms. The molecule has 1 aromatic rings. The summed E-state index contributed by atoms with van der Waals surface area (Å²) in [6.07, 6.45) is 6.00. The SMILES string of the molecule is CC(=CCC(C)N)c1c[nH]cc(OC(C)C)c1=O. The number of ether oxygens (including phenoxy) is 1. The average molecular weight is 250 g/mol. The van der Waals surface area contributed by atoms with Gasteiger partial charge in [-0.3, -0.25) is 4.79 Å². The van der Waals surface area contributed by atoms with Crippen LogP contribution in [0.15, 0.2) is 23.3 Å². The summed E-state index contributed by atoms with van der Waals surface area (Å²) in [5, 5.41) is 0. The van der Waals surface area contributed by atoms with Crippen LogP contribution in [0.3, 0.4) is 0 Å². The summed E-state index contributed by atoms with van der Waals surface area (Å²) in [5.41, 5.74) is 7.17. The molecule has 0 saturated carbocycles. The lowest BCUT2D eigenvalue weighted by Gasteiger charge is -2.10. The topological polar surface area (TPSA) is 68.1 Å². The quantitative estimate of drug-likeness (QED) is 0.842. The molecule has 0 aliphatic carbocycles. The van der Waals surface area contributed by atoms with E-state index in [1.54, 1.807) is 12.4 Å². The first kappa shape index (κ1) is 14.5. The summed E-state index contributed by atoms with van der Waals surface area (Å²) < 4.78 is 5.47. The van der Waals surface area contributed by atoms with Gasteiger partial charge in [0.05, 0.1) is 6.10 Å². The second kappa shape index (κ2) is 6.40. The van der Waals surface area contributed by atoms with Crippen LogP contribution in [0.4, 0.5) is 0 Å². The summed E-state index contributed by atoms with van der Waals surface area (Å²) in [7, 11) is 0. The lowest BCUT2D eigenvalue weighted by Crippen LogP contribution is -2.17. The number of aromatic nitrogens is 1. The molecule has 1 rings (SSSR count). The Morgan fingerprint density at radius 1 is 1.44 bits per heavy atom. The van der Waals surface area contributed by atoms with Crippen molar-refractivity contribution < 1.29 is 4.74 Å². The van der Waals surface area contributed by atoms with E-state index in [-0.39, 0.29) is 17.6 Å². The van der Waals surface area contributed by atoms with Crippen molar-refractivity contribution in [2.24, 2.45) is 5.73 Å². The Bertz CT molecular complexity index is 473. The zero-order chi connectivity index (χ0) is 13.7. The number of pyridine rings is 1. The Morgan fingerprint density at radius 3 is 2.67 bits per heavy atom. The fraction of sp³-hybridized carbons (Fsp3) is 0.500. The highest BCUT2D eigenvalue weighted by molar-refractivity contribution is 5.63. The first-order valence-corrected chi connectivity index (χ1v) is 6.22. The molecular formula is C14H22N2O2. The van der Waals surface area contributed by atoms with E-state index in [1.165, 1.54) is 0 Å². The van der Waals surface area contributed by atoms with E-state index in [0.29, 0.717) is 11.3 Å². The van der Waals surface area contributed by atoms with Gasteiger partial charge in [-0.15, -0.1) is 0 Å². The van der Waals surface area contributed by atoms with Crippen molar-refractivity contribution in [3.05, 3.63) is 34.3 Å². The largest absolute Gasteiger partial charge is 0.485 e. The van der Waals surface area contributed by atoms with E-state index in [4.69, 9.17) is 10.5 Å². The normalized spacial score (nSPS) is 13.8. The van der Waals surface area contributed by atoms with Crippen molar-refractivity contribution in [1.29, 1.82) is 0 Å². The predicted molar refractivity (Wildman–Crippen MR) is 74.7 cm³/mol. The fourth-order valence-corrected chi connectivity index (χ4v) is 1.57. The van der Waals surface area contributed by atoms with Gasteiger partial charge in [0.2, 0.25) is 5.43 Å². The van der Waals surface area contributed by atoms with E-state index in [0.717, 1.165) is 12.0 Å². The molecular weight excluding hydrogens is 228 g/mol. The maximum Gasteiger partial charge on any atom is 0.230 e. The van der Waals surface area contributed by atoms with Crippen LogP contribution in [-0.2, 0) is 0 Å². The number of hydrogen-bond donors (Lipinski definition) is 2. The number of hydrogen-bond acceptors (Lipinski definition) is 3. The highest BCUT2D eigenvalue weighted by atomic mass is 16.5. The Balaban J connectivity index is 3.03. The van der Waals surface area contributed by atoms with E-state index in [1.807, 2.05) is 33.8 Å². The average Bonchev–Trinajstić information content (AvgIpc) is 2.28. The molecule has 100 valence electrons. The molecule has 0 radical (unpaired) electrons. The van der Waals surface area contributed by atoms with Crippen LogP contribution < -0.4 is 15.9 Å². The first-order chi connectivity index (χ1) is 8.41. The zero-order valence-corrected chi connectivity index (χ0v) is 11.5. The van der Waals surface area contributed by atoms with E-state index in [9.17, 15) is 4.79 Å². The van der Waals surface area contributed by atoms with Crippen LogP contribution in [0.5, 0.6) is 5.75 Å². The molecule has 1 atom stereocenters. The van der Waals surface area contributed by atoms with E-state index >= 15 is 0 Å². The maximum absolute atomic E-state index is 12.2. The third kappa shape index (κ3) is 4.04. The lowest BCUT2D eigenvalue weighted by atomic mass is 10.1. The number of nitrogens with one attached hydrogen (secondary N) is 1. The molecule has 0 aliphatic rings. The molecule has 0 saturated heterocycles. The zero-order valence-electron chi connectivity index (χ0n) is 11.5. The molecule has 0 fully saturated rings. The summed E-state index contributed by atoms with van der Waals surface area (Å²) in [5.74, 6) is 0.357. The van der Waals surface area contributed by atoms with E-state index < -0.39 is 0 Å². The van der Waals surface area contributed by atoms with Crippen molar-refractivity contribution in [2.45, 2.75) is 46.3 Å². The van der Waals surface area contributed by atoms with Gasteiger partial charge in [-0.2, -0.15) is 0 Å². The van der Waals surface area contributed by atoms with E-state index in [2.05, 4.69) is 4.98 Å². The predicted octanol–water partition coefficient (Wildman–Crippen LogP) is 2.30. The third-order valence-electron chi connectivity index (χ3n) is 2.49. The summed E-state index contributed by atoms with van der Waals surface area (Å²) in [6, 6.07) is 0.0918. The molecule has 0 amide bonds. The molecule has 0 aliphatic heterocycles. The minimum Gasteiger partial charge on any atom is -0.485 e. The van der Waals surface area contributed by atoms with Crippen LogP contribution in [0.1, 0.15) is 39.7 Å². The minimum absolute atomic E-state index is 0.0188. The van der Waals surface area contributed by atoms with Gasteiger partial charge in [0.25, 0.3) is 0 Å². The number of rotatable bonds is 5. The van der Waals surface area contributed by atoms with Crippen LogP contribution in [0.2, 0.25) is 0 Å². The molecule has 1 aromatic heterocycles. The van der Waals surface area contributed by atoms with Crippen molar-refractivity contribution in [1.82, 2.24) is 4.98 Å². The van der Waals surface area contributed by atoms with Crippen LogP contribution in [-0.4, -0.2) is 17.1 Å². The Labute approximate surface area is 108 Å². The van der Waals surface area contributed by atoms with Gasteiger partial charge in [0.1, 0.15) is 0 Å². The molecule has 0 spiro atoms. The molecule has 0 bridgehead atoms. The van der Waals surface area contributed by atoms with Gasteiger partial charge in [-0.1, -0.05) is 6.08 Å². The molecule has 4 nitrogen and oxygen atoms in total. The number of H-pyrrole nitrogens is 1. The van der Waals surface area contributed by atoms with Crippen molar-refractivity contribution >= 4 is 5.57 Å². The third-order valence-corrected chi connectivity index (χ3v) is 2.49. The summed E-state index contributed by atoms with van der Waals surface area (Å²) >= 11 is 0. The maximum atomic E-state index is 12.2. The molecule has 1 unspecified atom stereocenters. The summed E-state index contributed by atoms with van der Waals surface area (Å²) in [6.45, 7) is 7.63. The number of allylic oxidation sites excluding steroid dienone is 1. The molecule has 1 heterocycles. The van der Waals surface area contributed by atoms with Crippen LogP contribution in [0.25, 0.3) is 5.57 Å². The van der Waals surface area contributed by atoms with Crippen molar-refractivity contribution in [2.75, 3.05) is 0 Å². The Hall–Kier alpha value is -1.55. The highest BCUT2D eigenvalue weighted by Crippen LogP contribution is 2.13. The Morgan fingerprint density at radius 2 is 2.11 bits per heavy atom. The second-order valence-electron chi connectivity index (χ2n) is 4.83. The van der Waals surface area contributed by atoms with Gasteiger partial charge >= 0.3 is 0 Å². The van der Waals surface area contributed by atoms with Crippen LogP contribution >= 0.6 is 0 Å². The van der Waals surface area contributed by atoms with Crippen molar-refractivity contribution in [3.63, 3.8) is 0 Å². The number of nitrogens with two attached hydrogens (primary N) is 1. The molecule has 0 aromatic carbocycles. The second-order valence-corrected chi connectivity index (χ2v) is 4.83. The smallest absolute Gasteiger partial charge is 0.230 e. The van der Waals surface area contributed by atoms with Gasteiger partial charge in [0, 0.05) is 24.0 Å². The standard InChI is InChI=1S/C14H22N2O2/c1-9(2)18-13-8-16-7-12(14(13)17)10(3)5-6-11(4)15/h5,7-9,11H,6,15H2,1-4H3,(H,16,17). The first-order valence-electron chi connectivity index (χ1n) is 6.22. The summed E-state index contributed by atoms with van der Waals surface area (Å²) in [4.78, 5) is 15.1. The number of aromatic amines is 1.